The third-order valence-corrected chi connectivity index (χ3v) is 4.64. The van der Waals surface area contributed by atoms with Gasteiger partial charge in [0, 0.05) is 10.6 Å². The molecule has 3 rings (SSSR count). The van der Waals surface area contributed by atoms with E-state index in [0.29, 0.717) is 0 Å². The summed E-state index contributed by atoms with van der Waals surface area (Å²) in [5, 5.41) is 0. The molecule has 1 heteroatoms. The molecule has 0 nitrogen and oxygen atoms in total. The molecule has 0 N–H and O–H groups in total. The molecule has 0 atom stereocenters. The van der Waals surface area contributed by atoms with Crippen LogP contribution in [-0.2, 0) is 12.2 Å². The maximum absolute atomic E-state index is 3.26. The number of hydrogen-bond acceptors (Lipinski definition) is 1. The normalized spacial score (nSPS) is 10.6. The van der Waals surface area contributed by atoms with Gasteiger partial charge in [0.15, 0.2) is 0 Å². The molecule has 3 aromatic carbocycles. The summed E-state index contributed by atoms with van der Waals surface area (Å²) in [5.41, 5.74) is 5.42. The van der Waals surface area contributed by atoms with Crippen molar-refractivity contribution in [2.45, 2.75) is 24.0 Å². The first-order chi connectivity index (χ1) is 10.8. The third kappa shape index (κ3) is 4.25. The first kappa shape index (κ1) is 14.9. The Morgan fingerprint density at radius 2 is 1.64 bits per heavy atom. The van der Waals surface area contributed by atoms with Gasteiger partial charge in [0.2, 0.25) is 0 Å². The minimum atomic E-state index is 0.988. The van der Waals surface area contributed by atoms with Crippen LogP contribution in [0.2, 0.25) is 0 Å². The van der Waals surface area contributed by atoms with Crippen molar-refractivity contribution in [3.05, 3.63) is 101 Å². The number of thioether (sulfide) groups is 1. The highest BCUT2D eigenvalue weighted by atomic mass is 32.2. The Morgan fingerprint density at radius 1 is 0.818 bits per heavy atom. The number of rotatable bonds is 5. The van der Waals surface area contributed by atoms with Gasteiger partial charge in [-0.2, -0.15) is 0 Å². The van der Waals surface area contributed by atoms with Crippen LogP contribution >= 0.6 is 11.8 Å². The van der Waals surface area contributed by atoms with E-state index in [1.54, 1.807) is 0 Å². The van der Waals surface area contributed by atoms with E-state index in [1.165, 1.54) is 27.1 Å². The van der Waals surface area contributed by atoms with Gasteiger partial charge in [-0.15, -0.1) is 11.8 Å². The van der Waals surface area contributed by atoms with Crippen LogP contribution in [0.4, 0.5) is 0 Å². The summed E-state index contributed by atoms with van der Waals surface area (Å²) in [7, 11) is 0. The van der Waals surface area contributed by atoms with Crippen molar-refractivity contribution in [2.75, 3.05) is 0 Å². The zero-order chi connectivity index (χ0) is 15.2. The van der Waals surface area contributed by atoms with Crippen molar-refractivity contribution in [3.8, 4) is 0 Å². The van der Waals surface area contributed by atoms with Gasteiger partial charge in [-0.1, -0.05) is 72.3 Å². The molecule has 0 unspecified atom stereocenters. The fraction of sp³-hybridized carbons (Fsp3) is 0.143. The summed E-state index contributed by atoms with van der Waals surface area (Å²) in [6, 6.07) is 29.1. The van der Waals surface area contributed by atoms with Crippen LogP contribution in [0, 0.1) is 13.0 Å². The monoisotopic (exact) mass is 303 g/mol. The van der Waals surface area contributed by atoms with E-state index < -0.39 is 0 Å². The van der Waals surface area contributed by atoms with Crippen LogP contribution in [0.3, 0.4) is 0 Å². The SMILES string of the molecule is Cc1ccc(Cc2cccc(CSc3[c]cccc3)c2)cc1. The minimum Gasteiger partial charge on any atom is -0.121 e. The van der Waals surface area contributed by atoms with Gasteiger partial charge < -0.3 is 0 Å². The lowest BCUT2D eigenvalue weighted by Gasteiger charge is -2.06. The van der Waals surface area contributed by atoms with Gasteiger partial charge in [-0.3, -0.25) is 0 Å². The Hall–Kier alpha value is -1.99. The standard InChI is InChI=1S/C21H19S/c1-17-10-12-18(13-11-17)14-19-6-5-7-20(15-19)16-22-21-8-3-2-4-9-21/h2-8,10-13,15H,14,16H2,1H3. The summed E-state index contributed by atoms with van der Waals surface area (Å²) in [6.07, 6.45) is 0.996. The van der Waals surface area contributed by atoms with Crippen LogP contribution in [-0.4, -0.2) is 0 Å². The molecule has 0 saturated heterocycles. The number of benzene rings is 3. The van der Waals surface area contributed by atoms with E-state index >= 15 is 0 Å². The molecular weight excluding hydrogens is 284 g/mol. The maximum atomic E-state index is 3.26. The first-order valence-corrected chi connectivity index (χ1v) is 8.51. The van der Waals surface area contributed by atoms with Crippen LogP contribution < -0.4 is 0 Å². The Kier molecular flexibility index (Phi) is 4.97. The molecule has 22 heavy (non-hydrogen) atoms. The van der Waals surface area contributed by atoms with E-state index in [-0.39, 0.29) is 0 Å². The van der Waals surface area contributed by atoms with E-state index in [2.05, 4.69) is 73.7 Å². The molecule has 1 radical (unpaired) electrons. The molecule has 0 amide bonds. The van der Waals surface area contributed by atoms with Crippen LogP contribution in [0.5, 0.6) is 0 Å². The number of hydrogen-bond donors (Lipinski definition) is 0. The Bertz CT molecular complexity index is 714. The number of aryl methyl sites for hydroxylation is 1. The molecule has 0 heterocycles. The fourth-order valence-electron chi connectivity index (χ4n) is 2.40. The second kappa shape index (κ2) is 7.33. The zero-order valence-corrected chi connectivity index (χ0v) is 13.6. The highest BCUT2D eigenvalue weighted by Gasteiger charge is 2.00. The van der Waals surface area contributed by atoms with Gasteiger partial charge in [0.1, 0.15) is 0 Å². The molecule has 0 saturated carbocycles. The summed E-state index contributed by atoms with van der Waals surface area (Å²) < 4.78 is 0. The average molecular weight is 303 g/mol. The van der Waals surface area contributed by atoms with E-state index in [0.717, 1.165) is 12.2 Å². The molecule has 0 aliphatic heterocycles. The molecule has 0 fully saturated rings. The predicted molar refractivity (Wildman–Crippen MR) is 95.3 cm³/mol. The molecule has 0 aromatic heterocycles. The van der Waals surface area contributed by atoms with Crippen LogP contribution in [0.1, 0.15) is 22.3 Å². The van der Waals surface area contributed by atoms with Gasteiger partial charge in [-0.05, 0) is 42.2 Å². The lowest BCUT2D eigenvalue weighted by Crippen LogP contribution is -1.90. The Morgan fingerprint density at radius 3 is 2.41 bits per heavy atom. The van der Waals surface area contributed by atoms with Gasteiger partial charge in [0.25, 0.3) is 0 Å². The fourth-order valence-corrected chi connectivity index (χ4v) is 3.23. The predicted octanol–water partition coefficient (Wildman–Crippen LogP) is 5.68. The third-order valence-electron chi connectivity index (χ3n) is 3.60. The topological polar surface area (TPSA) is 0 Å². The second-order valence-corrected chi connectivity index (χ2v) is 6.51. The minimum absolute atomic E-state index is 0.988. The largest absolute Gasteiger partial charge is 0.121 e. The summed E-state index contributed by atoms with van der Waals surface area (Å²) >= 11 is 1.83. The zero-order valence-electron chi connectivity index (χ0n) is 12.8. The molecule has 0 bridgehead atoms. The molecule has 0 aliphatic carbocycles. The highest BCUT2D eigenvalue weighted by Crippen LogP contribution is 2.23. The van der Waals surface area contributed by atoms with Crippen molar-refractivity contribution in [2.24, 2.45) is 0 Å². The molecule has 0 spiro atoms. The lowest BCUT2D eigenvalue weighted by atomic mass is 10.0. The van der Waals surface area contributed by atoms with E-state index in [9.17, 15) is 0 Å². The average Bonchev–Trinajstić information content (AvgIpc) is 2.57. The van der Waals surface area contributed by atoms with E-state index in [4.69, 9.17) is 0 Å². The summed E-state index contributed by atoms with van der Waals surface area (Å²) in [6.45, 7) is 2.13. The van der Waals surface area contributed by atoms with Gasteiger partial charge in [0.05, 0.1) is 0 Å². The second-order valence-electron chi connectivity index (χ2n) is 5.50. The Labute approximate surface area is 137 Å². The van der Waals surface area contributed by atoms with Gasteiger partial charge >= 0.3 is 0 Å². The Balaban J connectivity index is 1.66. The van der Waals surface area contributed by atoms with Crippen LogP contribution in [0.25, 0.3) is 0 Å². The molecular formula is C21H19S. The summed E-state index contributed by atoms with van der Waals surface area (Å²) in [4.78, 5) is 1.20. The van der Waals surface area contributed by atoms with E-state index in [1.807, 2.05) is 23.9 Å². The molecule has 109 valence electrons. The van der Waals surface area contributed by atoms with Crippen molar-refractivity contribution >= 4 is 11.8 Å². The van der Waals surface area contributed by atoms with Crippen LogP contribution in [0.15, 0.2) is 77.7 Å². The van der Waals surface area contributed by atoms with Crippen molar-refractivity contribution in [1.29, 1.82) is 0 Å². The first-order valence-electron chi connectivity index (χ1n) is 7.52. The summed E-state index contributed by atoms with van der Waals surface area (Å²) in [5.74, 6) is 0.988. The highest BCUT2D eigenvalue weighted by molar-refractivity contribution is 7.98. The molecule has 3 aromatic rings. The van der Waals surface area contributed by atoms with Gasteiger partial charge in [-0.25, -0.2) is 0 Å². The molecule has 0 aliphatic rings. The quantitative estimate of drug-likeness (QED) is 0.547. The van der Waals surface area contributed by atoms with Crippen molar-refractivity contribution in [1.82, 2.24) is 0 Å². The van der Waals surface area contributed by atoms with Crippen molar-refractivity contribution in [3.63, 3.8) is 0 Å². The maximum Gasteiger partial charge on any atom is 0.0232 e. The smallest absolute Gasteiger partial charge is 0.0232 e. The lowest BCUT2D eigenvalue weighted by molar-refractivity contribution is 1.17. The van der Waals surface area contributed by atoms with Crippen molar-refractivity contribution < 1.29 is 0 Å².